The molecule has 5 nitrogen and oxygen atoms in total. The maximum Gasteiger partial charge on any atom is 0.475 e. The lowest BCUT2D eigenvalue weighted by Gasteiger charge is -2.39. The standard InChI is InChI=1S/C29H55O5PSi/c1-11-14-15-22(4)20-25(34-36(9,10)29(6,7)8)18-16-24-17-19-26-27(24)21-23(5)28(26)33-35(30,31-12-2)32-13-3/h16,18,22,24-28H,5,11-15,17,19-21H2,1-4,6-10H3/b18-16+/t22-,24-,25+,26-,27+,28?/m0/s1. The van der Waals surface area contributed by atoms with Crippen LogP contribution in [0.1, 0.15) is 93.4 Å². The molecule has 0 saturated heterocycles. The van der Waals surface area contributed by atoms with Crippen LogP contribution in [0.5, 0.6) is 0 Å². The number of rotatable bonds is 15. The van der Waals surface area contributed by atoms with Crippen molar-refractivity contribution in [2.45, 2.75) is 124 Å². The maximum absolute atomic E-state index is 13.1. The maximum atomic E-state index is 13.1. The Hall–Kier alpha value is -0.233. The van der Waals surface area contributed by atoms with Crippen LogP contribution >= 0.6 is 7.82 Å². The normalized spacial score (nSPS) is 27.1. The van der Waals surface area contributed by atoms with Gasteiger partial charge < -0.3 is 4.43 Å². The largest absolute Gasteiger partial charge is 0.475 e. The highest BCUT2D eigenvalue weighted by Crippen LogP contribution is 2.58. The van der Waals surface area contributed by atoms with Gasteiger partial charge in [0.15, 0.2) is 8.32 Å². The van der Waals surface area contributed by atoms with E-state index in [1.807, 2.05) is 13.8 Å². The lowest BCUT2D eigenvalue weighted by molar-refractivity contribution is 0.0765. The quantitative estimate of drug-likeness (QED) is 0.117. The molecule has 0 amide bonds. The molecular weight excluding hydrogens is 487 g/mol. The first kappa shape index (κ1) is 32.0. The van der Waals surface area contributed by atoms with Gasteiger partial charge in [-0.15, -0.1) is 0 Å². The molecule has 6 atom stereocenters. The van der Waals surface area contributed by atoms with E-state index in [1.165, 1.54) is 19.3 Å². The second-order valence-corrected chi connectivity index (χ2v) is 18.9. The van der Waals surface area contributed by atoms with Gasteiger partial charge in [-0.1, -0.05) is 72.6 Å². The minimum Gasteiger partial charge on any atom is -0.411 e. The van der Waals surface area contributed by atoms with Crippen molar-refractivity contribution in [3.05, 3.63) is 24.3 Å². The van der Waals surface area contributed by atoms with Crippen molar-refractivity contribution >= 4 is 16.1 Å². The van der Waals surface area contributed by atoms with E-state index in [9.17, 15) is 4.57 Å². The molecule has 0 radical (unpaired) electrons. The molecule has 0 N–H and O–H groups in total. The van der Waals surface area contributed by atoms with E-state index in [-0.39, 0.29) is 17.2 Å². The highest BCUT2D eigenvalue weighted by atomic mass is 31.2. The molecule has 0 aliphatic heterocycles. The monoisotopic (exact) mass is 542 g/mol. The summed E-state index contributed by atoms with van der Waals surface area (Å²) < 4.78 is 36.9. The van der Waals surface area contributed by atoms with Crippen molar-refractivity contribution in [3.63, 3.8) is 0 Å². The van der Waals surface area contributed by atoms with Crippen molar-refractivity contribution < 1.29 is 22.6 Å². The van der Waals surface area contributed by atoms with Crippen molar-refractivity contribution in [3.8, 4) is 0 Å². The van der Waals surface area contributed by atoms with Gasteiger partial charge in [0.2, 0.25) is 0 Å². The number of fused-ring (bicyclic) bond motifs is 1. The molecule has 0 bridgehead atoms. The Morgan fingerprint density at radius 3 is 2.31 bits per heavy atom. The second-order valence-electron chi connectivity index (χ2n) is 12.5. The molecule has 2 rings (SSSR count). The fourth-order valence-electron chi connectivity index (χ4n) is 5.53. The van der Waals surface area contributed by atoms with Gasteiger partial charge in [-0.3, -0.25) is 13.6 Å². The summed E-state index contributed by atoms with van der Waals surface area (Å²) in [6.07, 6.45) is 12.6. The van der Waals surface area contributed by atoms with Crippen molar-refractivity contribution in [1.29, 1.82) is 0 Å². The number of unbranched alkanes of at least 4 members (excludes halogenated alkanes) is 1. The van der Waals surface area contributed by atoms with Crippen molar-refractivity contribution in [2.24, 2.45) is 23.7 Å². The SMILES string of the molecule is C=C1C[C@H]2[C@H](CC[C@@H]2/C=C/[C@H](C[C@@H](C)CCCC)O[Si](C)(C)C(C)(C)C)C1OP(=O)(OCC)OCC. The van der Waals surface area contributed by atoms with Gasteiger partial charge in [0, 0.05) is 0 Å². The molecule has 0 aromatic rings. The Kier molecular flexibility index (Phi) is 12.2. The van der Waals surface area contributed by atoms with Crippen LogP contribution in [0.2, 0.25) is 18.1 Å². The number of hydrogen-bond donors (Lipinski definition) is 0. The van der Waals surface area contributed by atoms with Gasteiger partial charge in [0.25, 0.3) is 0 Å². The van der Waals surface area contributed by atoms with Gasteiger partial charge >= 0.3 is 7.82 Å². The zero-order chi connectivity index (χ0) is 27.1. The molecule has 2 fully saturated rings. The lowest BCUT2D eigenvalue weighted by Crippen LogP contribution is -2.43. The summed E-state index contributed by atoms with van der Waals surface area (Å²) >= 11 is 0. The van der Waals surface area contributed by atoms with Crippen LogP contribution < -0.4 is 0 Å². The number of phosphoric acid groups is 1. The smallest absolute Gasteiger partial charge is 0.411 e. The summed E-state index contributed by atoms with van der Waals surface area (Å²) in [4.78, 5) is 0. The first-order chi connectivity index (χ1) is 16.8. The molecule has 2 aliphatic rings. The minimum atomic E-state index is -3.57. The van der Waals surface area contributed by atoms with E-state index in [1.54, 1.807) is 0 Å². The minimum absolute atomic E-state index is 0.157. The van der Waals surface area contributed by atoms with Crippen LogP contribution in [0, 0.1) is 23.7 Å². The van der Waals surface area contributed by atoms with Crippen molar-refractivity contribution in [2.75, 3.05) is 13.2 Å². The molecule has 0 aromatic heterocycles. The van der Waals surface area contributed by atoms with E-state index >= 15 is 0 Å². The van der Waals surface area contributed by atoms with Gasteiger partial charge in [-0.05, 0) is 86.9 Å². The Balaban J connectivity index is 2.14. The summed E-state index contributed by atoms with van der Waals surface area (Å²) in [5, 5.41) is 0.188. The van der Waals surface area contributed by atoms with Crippen LogP contribution in [0.25, 0.3) is 0 Å². The van der Waals surface area contributed by atoms with Crippen LogP contribution in [0.3, 0.4) is 0 Å². The molecule has 0 heterocycles. The highest BCUT2D eigenvalue weighted by molar-refractivity contribution is 7.48. The molecule has 36 heavy (non-hydrogen) atoms. The van der Waals surface area contributed by atoms with Gasteiger partial charge in [-0.2, -0.15) is 0 Å². The van der Waals surface area contributed by atoms with E-state index in [0.717, 1.165) is 31.3 Å². The highest BCUT2D eigenvalue weighted by Gasteiger charge is 2.49. The Morgan fingerprint density at radius 1 is 1.11 bits per heavy atom. The molecular formula is C29H55O5PSi. The number of allylic oxidation sites excluding steroid dienone is 1. The first-order valence-electron chi connectivity index (χ1n) is 14.4. The summed E-state index contributed by atoms with van der Waals surface area (Å²) in [5.74, 6) is 1.89. The molecule has 0 aromatic carbocycles. The van der Waals surface area contributed by atoms with Crippen molar-refractivity contribution in [1.82, 2.24) is 0 Å². The van der Waals surface area contributed by atoms with Crippen LogP contribution in [-0.4, -0.2) is 33.7 Å². The van der Waals surface area contributed by atoms with Crippen LogP contribution in [-0.2, 0) is 22.6 Å². The molecule has 210 valence electrons. The fourth-order valence-corrected chi connectivity index (χ4v) is 8.23. The predicted molar refractivity (Wildman–Crippen MR) is 154 cm³/mol. The Morgan fingerprint density at radius 2 is 1.75 bits per heavy atom. The summed E-state index contributed by atoms with van der Waals surface area (Å²) in [5.41, 5.74) is 1.02. The van der Waals surface area contributed by atoms with E-state index in [2.05, 4.69) is 66.4 Å². The van der Waals surface area contributed by atoms with Crippen LogP contribution in [0.4, 0.5) is 0 Å². The molecule has 2 saturated carbocycles. The fraction of sp³-hybridized carbons (Fsp3) is 0.862. The van der Waals surface area contributed by atoms with Gasteiger partial charge in [-0.25, -0.2) is 4.57 Å². The lowest BCUT2D eigenvalue weighted by atomic mass is 9.90. The second kappa shape index (κ2) is 13.7. The van der Waals surface area contributed by atoms with Gasteiger partial charge in [0.1, 0.15) is 0 Å². The number of hydrogen-bond acceptors (Lipinski definition) is 5. The first-order valence-corrected chi connectivity index (χ1v) is 18.7. The molecule has 0 spiro atoms. The summed E-state index contributed by atoms with van der Waals surface area (Å²) in [7, 11) is -5.44. The predicted octanol–water partition coefficient (Wildman–Crippen LogP) is 9.32. The van der Waals surface area contributed by atoms with E-state index in [0.29, 0.717) is 36.9 Å². The average Bonchev–Trinajstić information content (AvgIpc) is 3.29. The van der Waals surface area contributed by atoms with Gasteiger partial charge in [0.05, 0.1) is 25.4 Å². The van der Waals surface area contributed by atoms with Crippen LogP contribution in [0.15, 0.2) is 24.3 Å². The molecule has 7 heteroatoms. The topological polar surface area (TPSA) is 54.0 Å². The summed E-state index contributed by atoms with van der Waals surface area (Å²) in [6.45, 7) is 24.8. The zero-order valence-electron chi connectivity index (χ0n) is 24.7. The molecule has 2 aliphatic carbocycles. The number of phosphoric ester groups is 1. The third-order valence-electron chi connectivity index (χ3n) is 8.55. The third-order valence-corrected chi connectivity index (χ3v) is 14.7. The van der Waals surface area contributed by atoms with E-state index < -0.39 is 16.1 Å². The third kappa shape index (κ3) is 8.64. The average molecular weight is 543 g/mol. The Bertz CT molecular complexity index is 764. The van der Waals surface area contributed by atoms with E-state index in [4.69, 9.17) is 18.0 Å². The molecule has 1 unspecified atom stereocenters. The Labute approximate surface area is 223 Å². The summed E-state index contributed by atoms with van der Waals surface area (Å²) in [6, 6.07) is 0. The zero-order valence-corrected chi connectivity index (χ0v) is 26.6.